The van der Waals surface area contributed by atoms with Crippen molar-refractivity contribution in [3.8, 4) is 5.75 Å². The minimum Gasteiger partial charge on any atom is -0.496 e. The van der Waals surface area contributed by atoms with Gasteiger partial charge in [-0.1, -0.05) is 6.07 Å². The number of nitrogens with zero attached hydrogens (tertiary/aromatic N) is 1. The van der Waals surface area contributed by atoms with E-state index >= 15 is 0 Å². The number of carbonyl (C=O) groups excluding carboxylic acids is 1. The van der Waals surface area contributed by atoms with Crippen LogP contribution in [-0.4, -0.2) is 36.7 Å². The maximum Gasteiger partial charge on any atom is 0.165 e. The van der Waals surface area contributed by atoms with Gasteiger partial charge < -0.3 is 14.7 Å². The summed E-state index contributed by atoms with van der Waals surface area (Å²) in [5.74, 6) is 0.577. The van der Waals surface area contributed by atoms with Gasteiger partial charge in [-0.05, 0) is 38.8 Å². The van der Waals surface area contributed by atoms with Crippen LogP contribution in [0.2, 0.25) is 0 Å². The quantitative estimate of drug-likeness (QED) is 0.850. The van der Waals surface area contributed by atoms with Gasteiger partial charge in [-0.15, -0.1) is 0 Å². The summed E-state index contributed by atoms with van der Waals surface area (Å²) in [7, 11) is 1.57. The Morgan fingerprint density at radius 2 is 2.21 bits per heavy atom. The second-order valence-corrected chi connectivity index (χ2v) is 5.43. The van der Waals surface area contributed by atoms with E-state index in [1.54, 1.807) is 20.1 Å². The molecule has 0 radical (unpaired) electrons. The molecule has 1 unspecified atom stereocenters. The molecule has 1 aromatic carbocycles. The Bertz CT molecular complexity index is 482. The highest BCUT2D eigenvalue weighted by Gasteiger charge is 2.30. The minimum absolute atomic E-state index is 0.0160. The molecule has 1 heterocycles. The monoisotopic (exact) mass is 263 g/mol. The molecule has 0 aromatic heterocycles. The molecule has 1 aromatic rings. The molecule has 0 amide bonds. The summed E-state index contributed by atoms with van der Waals surface area (Å²) in [5.41, 5.74) is 0.754. The Morgan fingerprint density at radius 3 is 2.79 bits per heavy atom. The highest BCUT2D eigenvalue weighted by molar-refractivity contribution is 6.02. The Kier molecular flexibility index (Phi) is 3.80. The van der Waals surface area contributed by atoms with Crippen LogP contribution in [-0.2, 0) is 0 Å². The molecule has 2 rings (SSSR count). The molecular weight excluding hydrogens is 242 g/mol. The van der Waals surface area contributed by atoms with E-state index in [-0.39, 0.29) is 5.78 Å². The lowest BCUT2D eigenvalue weighted by Gasteiger charge is -2.39. The fourth-order valence-corrected chi connectivity index (χ4v) is 2.73. The third kappa shape index (κ3) is 2.89. The maximum absolute atomic E-state index is 11.9. The van der Waals surface area contributed by atoms with Gasteiger partial charge in [-0.2, -0.15) is 0 Å². The van der Waals surface area contributed by atoms with Crippen molar-refractivity contribution in [3.05, 3.63) is 23.8 Å². The van der Waals surface area contributed by atoms with Gasteiger partial charge in [-0.3, -0.25) is 4.79 Å². The number of aliphatic hydroxyl groups is 1. The first-order valence-corrected chi connectivity index (χ1v) is 6.60. The predicted molar refractivity (Wildman–Crippen MR) is 75.1 cm³/mol. The van der Waals surface area contributed by atoms with Crippen molar-refractivity contribution in [2.75, 3.05) is 25.1 Å². The molecule has 0 saturated carbocycles. The molecule has 4 nitrogen and oxygen atoms in total. The number of anilines is 1. The van der Waals surface area contributed by atoms with E-state index in [4.69, 9.17) is 4.74 Å². The predicted octanol–water partition coefficient (Wildman–Crippen LogP) is 2.25. The van der Waals surface area contributed by atoms with Gasteiger partial charge in [0.25, 0.3) is 0 Å². The molecular formula is C15H21NO3. The molecule has 1 fully saturated rings. The van der Waals surface area contributed by atoms with Crippen LogP contribution in [0.25, 0.3) is 0 Å². The van der Waals surface area contributed by atoms with Crippen molar-refractivity contribution in [2.45, 2.75) is 32.3 Å². The van der Waals surface area contributed by atoms with E-state index in [0.717, 1.165) is 25.1 Å². The van der Waals surface area contributed by atoms with Crippen molar-refractivity contribution >= 4 is 11.5 Å². The van der Waals surface area contributed by atoms with Crippen LogP contribution in [0.4, 0.5) is 5.69 Å². The Hall–Kier alpha value is -1.55. The summed E-state index contributed by atoms with van der Waals surface area (Å²) in [6.45, 7) is 4.78. The molecule has 1 atom stereocenters. The van der Waals surface area contributed by atoms with Crippen LogP contribution in [0.1, 0.15) is 37.0 Å². The van der Waals surface area contributed by atoms with Crippen molar-refractivity contribution in [1.82, 2.24) is 0 Å². The van der Waals surface area contributed by atoms with Gasteiger partial charge in [0.2, 0.25) is 0 Å². The van der Waals surface area contributed by atoms with E-state index in [2.05, 4.69) is 4.90 Å². The Labute approximate surface area is 114 Å². The number of benzene rings is 1. The molecule has 4 heteroatoms. The second-order valence-electron chi connectivity index (χ2n) is 5.43. The number of hydrogen-bond donors (Lipinski definition) is 1. The fourth-order valence-electron chi connectivity index (χ4n) is 2.73. The number of methoxy groups -OCH3 is 1. The van der Waals surface area contributed by atoms with E-state index < -0.39 is 5.60 Å². The number of ether oxygens (including phenoxy) is 1. The van der Waals surface area contributed by atoms with Crippen molar-refractivity contribution in [3.63, 3.8) is 0 Å². The van der Waals surface area contributed by atoms with E-state index in [1.165, 1.54) is 0 Å². The summed E-state index contributed by atoms with van der Waals surface area (Å²) in [6.07, 6.45) is 1.71. The zero-order valence-corrected chi connectivity index (χ0v) is 11.8. The van der Waals surface area contributed by atoms with Crippen molar-refractivity contribution in [2.24, 2.45) is 0 Å². The number of piperidine rings is 1. The van der Waals surface area contributed by atoms with Crippen LogP contribution in [0, 0.1) is 0 Å². The molecule has 1 aliphatic rings. The lowest BCUT2D eigenvalue weighted by Crippen LogP contribution is -2.46. The van der Waals surface area contributed by atoms with Gasteiger partial charge in [0.1, 0.15) is 5.75 Å². The van der Waals surface area contributed by atoms with Crippen LogP contribution in [0.5, 0.6) is 5.75 Å². The zero-order chi connectivity index (χ0) is 14.0. The summed E-state index contributed by atoms with van der Waals surface area (Å²) in [5, 5.41) is 10.2. The average molecular weight is 263 g/mol. The maximum atomic E-state index is 11.9. The number of ketones is 1. The number of hydrogen-bond acceptors (Lipinski definition) is 4. The normalized spacial score (nSPS) is 23.3. The van der Waals surface area contributed by atoms with Gasteiger partial charge >= 0.3 is 0 Å². The van der Waals surface area contributed by atoms with Crippen LogP contribution < -0.4 is 9.64 Å². The first-order chi connectivity index (χ1) is 8.94. The van der Waals surface area contributed by atoms with Gasteiger partial charge in [-0.25, -0.2) is 0 Å². The highest BCUT2D eigenvalue weighted by Crippen LogP contribution is 2.33. The topological polar surface area (TPSA) is 49.8 Å². The SMILES string of the molecule is COc1cccc(N2CCCC(C)(O)C2)c1C(C)=O. The first-order valence-electron chi connectivity index (χ1n) is 6.60. The number of carbonyl (C=O) groups is 1. The summed E-state index contributed by atoms with van der Waals surface area (Å²) in [6, 6.07) is 5.59. The Balaban J connectivity index is 2.41. The second kappa shape index (κ2) is 5.21. The number of rotatable bonds is 3. The standard InChI is InChI=1S/C15H21NO3/c1-11(17)14-12(6-4-7-13(14)19-3)16-9-5-8-15(2,18)10-16/h4,6-7,18H,5,8-10H2,1-3H3. The Morgan fingerprint density at radius 1 is 1.47 bits per heavy atom. The number of Topliss-reactive ketones (excluding diaryl/α,β-unsaturated/α-hetero) is 1. The third-order valence-corrected chi connectivity index (χ3v) is 3.59. The molecule has 104 valence electrons. The fraction of sp³-hybridized carbons (Fsp3) is 0.533. The van der Waals surface area contributed by atoms with Gasteiger partial charge in [0, 0.05) is 13.1 Å². The van der Waals surface area contributed by atoms with Gasteiger partial charge in [0.05, 0.1) is 24.0 Å². The van der Waals surface area contributed by atoms with Gasteiger partial charge in [0.15, 0.2) is 5.78 Å². The van der Waals surface area contributed by atoms with E-state index in [9.17, 15) is 9.90 Å². The van der Waals surface area contributed by atoms with Crippen LogP contribution >= 0.6 is 0 Å². The number of β-amino-alcohol motifs (C(OH)–C–C–N with tert-alkyl or cyclic N) is 1. The molecule has 0 aliphatic carbocycles. The molecule has 0 bridgehead atoms. The molecule has 0 spiro atoms. The van der Waals surface area contributed by atoms with E-state index in [1.807, 2.05) is 19.1 Å². The summed E-state index contributed by atoms with van der Waals surface area (Å²) >= 11 is 0. The van der Waals surface area contributed by atoms with Crippen molar-refractivity contribution < 1.29 is 14.6 Å². The molecule has 1 aliphatic heterocycles. The third-order valence-electron chi connectivity index (χ3n) is 3.59. The summed E-state index contributed by atoms with van der Waals surface area (Å²) < 4.78 is 5.28. The molecule has 19 heavy (non-hydrogen) atoms. The lowest BCUT2D eigenvalue weighted by atomic mass is 9.94. The minimum atomic E-state index is -0.699. The smallest absolute Gasteiger partial charge is 0.165 e. The van der Waals surface area contributed by atoms with Crippen LogP contribution in [0.15, 0.2) is 18.2 Å². The van der Waals surface area contributed by atoms with Crippen molar-refractivity contribution in [1.29, 1.82) is 0 Å². The molecule has 1 N–H and O–H groups in total. The first kappa shape index (κ1) is 13.9. The summed E-state index contributed by atoms with van der Waals surface area (Å²) in [4.78, 5) is 14.0. The van der Waals surface area contributed by atoms with Crippen LogP contribution in [0.3, 0.4) is 0 Å². The molecule has 1 saturated heterocycles. The largest absolute Gasteiger partial charge is 0.496 e. The zero-order valence-electron chi connectivity index (χ0n) is 11.8. The van der Waals surface area contributed by atoms with E-state index in [0.29, 0.717) is 17.9 Å². The average Bonchev–Trinajstić information content (AvgIpc) is 2.36. The highest BCUT2D eigenvalue weighted by atomic mass is 16.5. The lowest BCUT2D eigenvalue weighted by molar-refractivity contribution is 0.0448.